The van der Waals surface area contributed by atoms with E-state index in [-0.39, 0.29) is 17.6 Å². The molecule has 12 heteroatoms. The Morgan fingerprint density at radius 2 is 1.40 bits per heavy atom. The van der Waals surface area contributed by atoms with E-state index < -0.39 is 70.8 Å². The first-order valence-corrected chi connectivity index (χ1v) is 14.3. The molecule has 1 unspecified atom stereocenters. The topological polar surface area (TPSA) is 152 Å². The maximum absolute atomic E-state index is 14.1. The zero-order valence-electron chi connectivity index (χ0n) is 25.3. The van der Waals surface area contributed by atoms with E-state index in [4.69, 9.17) is 35.3 Å². The lowest BCUT2D eigenvalue weighted by Gasteiger charge is -2.55. The number of hydrogen-bond donors (Lipinski definition) is 1. The average molecular weight is 641 g/mol. The van der Waals surface area contributed by atoms with E-state index in [1.165, 1.54) is 6.08 Å². The SMILES string of the molecule is COC(=O)C1=C(OC(=O)/C(=C/c2ccc(Cl)cc2)c2ccccc2)C(C(=O)OC)[C@@]2(O)[C@@H](C(=O)OC)[C@H](C)C[C@@H]1[C@@H]2C(=O)OC. The summed E-state index contributed by atoms with van der Waals surface area (Å²) in [7, 11) is 4.25. The molecule has 4 rings (SSSR count). The molecule has 238 valence electrons. The molecule has 2 aromatic carbocycles. The van der Waals surface area contributed by atoms with Gasteiger partial charge in [-0.15, -0.1) is 0 Å². The molecule has 0 radical (unpaired) electrons. The van der Waals surface area contributed by atoms with Gasteiger partial charge < -0.3 is 28.8 Å². The third-order valence-electron chi connectivity index (χ3n) is 8.40. The molecule has 11 nitrogen and oxygen atoms in total. The van der Waals surface area contributed by atoms with Crippen LogP contribution in [0, 0.1) is 29.6 Å². The Balaban J connectivity index is 2.00. The monoisotopic (exact) mass is 640 g/mol. The lowest BCUT2D eigenvalue weighted by molar-refractivity contribution is -0.212. The number of ether oxygens (including phenoxy) is 5. The van der Waals surface area contributed by atoms with Crippen LogP contribution in [-0.2, 0) is 47.7 Å². The Hall–Kier alpha value is -4.48. The molecule has 0 heterocycles. The van der Waals surface area contributed by atoms with Crippen molar-refractivity contribution in [2.75, 3.05) is 28.4 Å². The molecule has 2 aliphatic rings. The van der Waals surface area contributed by atoms with E-state index >= 15 is 0 Å². The molecule has 1 N–H and O–H groups in total. The number of methoxy groups -OCH3 is 4. The quantitative estimate of drug-likeness (QED) is 0.195. The van der Waals surface area contributed by atoms with Crippen LogP contribution in [0.25, 0.3) is 11.6 Å². The molecule has 2 aromatic rings. The normalized spacial score (nSPS) is 25.9. The highest BCUT2D eigenvalue weighted by Crippen LogP contribution is 2.58. The predicted octanol–water partition coefficient (Wildman–Crippen LogP) is 3.62. The Kier molecular flexibility index (Phi) is 10.1. The van der Waals surface area contributed by atoms with Gasteiger partial charge in [0.1, 0.15) is 17.3 Å². The molecule has 45 heavy (non-hydrogen) atoms. The van der Waals surface area contributed by atoms with Gasteiger partial charge in [0.2, 0.25) is 0 Å². The maximum Gasteiger partial charge on any atom is 0.343 e. The van der Waals surface area contributed by atoms with Crippen molar-refractivity contribution in [1.29, 1.82) is 0 Å². The molecule has 2 aliphatic carbocycles. The molecule has 0 spiro atoms. The van der Waals surface area contributed by atoms with Gasteiger partial charge in [0.05, 0.1) is 51.4 Å². The van der Waals surface area contributed by atoms with Gasteiger partial charge in [-0.05, 0) is 41.7 Å². The van der Waals surface area contributed by atoms with E-state index in [2.05, 4.69) is 0 Å². The van der Waals surface area contributed by atoms with Crippen LogP contribution >= 0.6 is 11.6 Å². The van der Waals surface area contributed by atoms with Gasteiger partial charge in [-0.1, -0.05) is 61.0 Å². The molecule has 0 aliphatic heterocycles. The average Bonchev–Trinajstić information content (AvgIpc) is 3.03. The van der Waals surface area contributed by atoms with Crippen LogP contribution in [-0.4, -0.2) is 69.0 Å². The molecule has 1 saturated carbocycles. The van der Waals surface area contributed by atoms with Crippen LogP contribution < -0.4 is 0 Å². The highest BCUT2D eigenvalue weighted by molar-refractivity contribution is 6.30. The minimum absolute atomic E-state index is 0.0170. The number of esters is 5. The molecule has 0 aromatic heterocycles. The lowest BCUT2D eigenvalue weighted by Crippen LogP contribution is -2.68. The van der Waals surface area contributed by atoms with E-state index in [9.17, 15) is 29.1 Å². The van der Waals surface area contributed by atoms with Crippen molar-refractivity contribution >= 4 is 53.1 Å². The highest BCUT2D eigenvalue weighted by atomic mass is 35.5. The second-order valence-corrected chi connectivity index (χ2v) is 11.2. The molecule has 0 saturated heterocycles. The van der Waals surface area contributed by atoms with Crippen LogP contribution in [0.2, 0.25) is 5.02 Å². The fourth-order valence-electron chi connectivity index (χ4n) is 6.51. The van der Waals surface area contributed by atoms with Gasteiger partial charge in [-0.3, -0.25) is 14.4 Å². The van der Waals surface area contributed by atoms with Crippen LogP contribution in [0.5, 0.6) is 0 Å². The number of rotatable bonds is 8. The first kappa shape index (κ1) is 33.4. The van der Waals surface area contributed by atoms with Crippen LogP contribution in [0.1, 0.15) is 24.5 Å². The van der Waals surface area contributed by atoms with E-state index in [0.29, 0.717) is 16.1 Å². The predicted molar refractivity (Wildman–Crippen MR) is 160 cm³/mol. The fourth-order valence-corrected chi connectivity index (χ4v) is 6.64. The van der Waals surface area contributed by atoms with Crippen LogP contribution in [0.15, 0.2) is 65.9 Å². The second-order valence-electron chi connectivity index (χ2n) is 10.8. The van der Waals surface area contributed by atoms with E-state index in [0.717, 1.165) is 28.4 Å². The summed E-state index contributed by atoms with van der Waals surface area (Å²) in [4.78, 5) is 67.7. The highest BCUT2D eigenvalue weighted by Gasteiger charge is 2.71. The molecule has 6 atom stereocenters. The van der Waals surface area contributed by atoms with Crippen molar-refractivity contribution in [2.24, 2.45) is 29.6 Å². The van der Waals surface area contributed by atoms with Crippen molar-refractivity contribution in [3.05, 3.63) is 82.1 Å². The summed E-state index contributed by atoms with van der Waals surface area (Å²) < 4.78 is 26.0. The maximum atomic E-state index is 14.1. The standard InChI is InChI=1S/C33H33ClO11/c1-17-15-22-23(29(36)41-2)27(26(32(39)44-5)33(40,24(17)30(37)42-3)25(22)31(38)43-4)45-28(35)21(19-9-7-6-8-10-19)16-18-11-13-20(34)14-12-18/h6-14,16-17,22,24-26,40H,15H2,1-5H3/b21-16+/t17-,22+,24-,25-,26?,33-/m1/s1. The number of halogens is 1. The lowest BCUT2D eigenvalue weighted by atomic mass is 9.50. The number of aliphatic hydroxyl groups is 1. The third kappa shape index (κ3) is 6.10. The summed E-state index contributed by atoms with van der Waals surface area (Å²) >= 11 is 6.04. The largest absolute Gasteiger partial charge is 0.469 e. The van der Waals surface area contributed by atoms with Crippen molar-refractivity contribution in [3.63, 3.8) is 0 Å². The number of benzene rings is 2. The number of hydrogen-bond acceptors (Lipinski definition) is 11. The van der Waals surface area contributed by atoms with Crippen molar-refractivity contribution in [3.8, 4) is 0 Å². The number of carbonyl (C=O) groups excluding carboxylic acids is 5. The molecular weight excluding hydrogens is 608 g/mol. The van der Waals surface area contributed by atoms with Crippen LogP contribution in [0.4, 0.5) is 0 Å². The Labute approximate surface area is 264 Å². The van der Waals surface area contributed by atoms with Crippen molar-refractivity contribution in [2.45, 2.75) is 18.9 Å². The van der Waals surface area contributed by atoms with Crippen molar-refractivity contribution in [1.82, 2.24) is 0 Å². The second kappa shape index (κ2) is 13.7. The van der Waals surface area contributed by atoms with Gasteiger partial charge in [-0.25, -0.2) is 9.59 Å². The first-order valence-electron chi connectivity index (χ1n) is 14.0. The Morgan fingerprint density at radius 3 is 1.96 bits per heavy atom. The fraction of sp³-hybridized carbons (Fsp3) is 0.364. The van der Waals surface area contributed by atoms with Crippen molar-refractivity contribution < 1.29 is 52.8 Å². The Morgan fingerprint density at radius 1 is 0.822 bits per heavy atom. The summed E-state index contributed by atoms with van der Waals surface area (Å²) in [5.41, 5.74) is -1.92. The number of carbonyl (C=O) groups is 5. The zero-order valence-corrected chi connectivity index (χ0v) is 26.0. The summed E-state index contributed by atoms with van der Waals surface area (Å²) in [5, 5.41) is 13.0. The minimum Gasteiger partial charge on any atom is -0.469 e. The molecule has 2 bridgehead atoms. The summed E-state index contributed by atoms with van der Waals surface area (Å²) in [6.07, 6.45) is 1.49. The van der Waals surface area contributed by atoms with Gasteiger partial charge in [0.25, 0.3) is 0 Å². The third-order valence-corrected chi connectivity index (χ3v) is 8.65. The van der Waals surface area contributed by atoms with Crippen LogP contribution in [0.3, 0.4) is 0 Å². The zero-order chi connectivity index (χ0) is 33.1. The summed E-state index contributed by atoms with van der Waals surface area (Å²) in [6.45, 7) is 1.61. The van der Waals surface area contributed by atoms with E-state index in [1.54, 1.807) is 61.5 Å². The summed E-state index contributed by atoms with van der Waals surface area (Å²) in [6, 6.07) is 15.1. The molecule has 0 amide bonds. The Bertz CT molecular complexity index is 1550. The smallest absolute Gasteiger partial charge is 0.343 e. The van der Waals surface area contributed by atoms with Gasteiger partial charge in [0, 0.05) is 10.9 Å². The van der Waals surface area contributed by atoms with Gasteiger partial charge in [-0.2, -0.15) is 0 Å². The molecular formula is C33H33ClO11. The van der Waals surface area contributed by atoms with Gasteiger partial charge in [0.15, 0.2) is 0 Å². The van der Waals surface area contributed by atoms with Gasteiger partial charge >= 0.3 is 29.8 Å². The molecule has 1 fully saturated rings. The minimum atomic E-state index is -2.60. The summed E-state index contributed by atoms with van der Waals surface area (Å²) in [5.74, 6) is -12.8. The number of fused-ring (bicyclic) bond motifs is 2. The first-order chi connectivity index (χ1) is 21.4. The van der Waals surface area contributed by atoms with E-state index in [1.807, 2.05) is 0 Å².